The lowest BCUT2D eigenvalue weighted by atomic mass is 10.1. The average molecular weight is 258 g/mol. The maximum atomic E-state index is 9.96. The van der Waals surface area contributed by atoms with Crippen LogP contribution in [0, 0.1) is 5.41 Å². The third-order valence-corrected chi connectivity index (χ3v) is 3.56. The lowest BCUT2D eigenvalue weighted by Crippen LogP contribution is -2.28. The molecular weight excluding hydrogens is 246 g/mol. The Morgan fingerprint density at radius 2 is 2.44 bits per heavy atom. The first kappa shape index (κ1) is 11.7. The Kier molecular flexibility index (Phi) is 3.68. The van der Waals surface area contributed by atoms with Crippen molar-refractivity contribution < 1.29 is 5.11 Å². The largest absolute Gasteiger partial charge is 0.386 e. The van der Waals surface area contributed by atoms with Gasteiger partial charge in [0.1, 0.15) is 5.15 Å². The molecule has 1 saturated heterocycles. The van der Waals surface area contributed by atoms with Crippen LogP contribution in [0.25, 0.3) is 0 Å². The van der Waals surface area contributed by atoms with Crippen molar-refractivity contribution in [2.45, 2.75) is 6.10 Å². The molecule has 16 heavy (non-hydrogen) atoms. The number of hydrogen-bond acceptors (Lipinski definition) is 4. The number of amidine groups is 1. The molecule has 1 fully saturated rings. The molecule has 2 N–H and O–H groups in total. The van der Waals surface area contributed by atoms with Crippen molar-refractivity contribution in [2.24, 2.45) is 0 Å². The zero-order valence-electron chi connectivity index (χ0n) is 8.56. The second kappa shape index (κ2) is 5.03. The number of aliphatic hydroxyl groups is 1. The van der Waals surface area contributed by atoms with Crippen molar-refractivity contribution in [1.29, 1.82) is 5.41 Å². The Hall–Kier alpha value is -0.780. The van der Waals surface area contributed by atoms with Gasteiger partial charge in [-0.3, -0.25) is 5.41 Å². The van der Waals surface area contributed by atoms with Gasteiger partial charge in [-0.25, -0.2) is 4.98 Å². The molecule has 0 amide bonds. The van der Waals surface area contributed by atoms with Crippen LogP contribution in [0.5, 0.6) is 0 Å². The van der Waals surface area contributed by atoms with Crippen molar-refractivity contribution in [2.75, 3.05) is 18.8 Å². The lowest BCUT2D eigenvalue weighted by molar-refractivity contribution is 0.147. The second-order valence-electron chi connectivity index (χ2n) is 3.53. The number of hydrogen-bond donors (Lipinski definition) is 2. The predicted octanol–water partition coefficient (Wildman–Crippen LogP) is 1.75. The number of rotatable bonds is 3. The molecule has 0 aromatic carbocycles. The SMILES string of the molecule is N=C1SCCN1CC(O)c1ccc(Cl)nc1. The molecule has 1 aromatic rings. The molecule has 0 aliphatic carbocycles. The summed E-state index contributed by atoms with van der Waals surface area (Å²) in [5, 5.41) is 18.5. The highest BCUT2D eigenvalue weighted by molar-refractivity contribution is 8.14. The highest BCUT2D eigenvalue weighted by Crippen LogP contribution is 2.21. The first-order valence-electron chi connectivity index (χ1n) is 4.92. The predicted molar refractivity (Wildman–Crippen MR) is 66.0 cm³/mol. The Labute approximate surface area is 103 Å². The Bertz CT molecular complexity index is 384. The van der Waals surface area contributed by atoms with E-state index in [1.807, 2.05) is 4.90 Å². The first-order valence-corrected chi connectivity index (χ1v) is 6.29. The van der Waals surface area contributed by atoms with Gasteiger partial charge in [-0.1, -0.05) is 29.4 Å². The van der Waals surface area contributed by atoms with E-state index in [1.165, 1.54) is 11.8 Å². The molecule has 86 valence electrons. The maximum Gasteiger partial charge on any atom is 0.156 e. The Morgan fingerprint density at radius 1 is 1.62 bits per heavy atom. The number of halogens is 1. The number of nitrogens with zero attached hydrogens (tertiary/aromatic N) is 2. The van der Waals surface area contributed by atoms with Gasteiger partial charge in [-0.2, -0.15) is 0 Å². The van der Waals surface area contributed by atoms with E-state index in [-0.39, 0.29) is 0 Å². The van der Waals surface area contributed by atoms with Gasteiger partial charge in [0.05, 0.1) is 12.6 Å². The first-order chi connectivity index (χ1) is 7.66. The van der Waals surface area contributed by atoms with Crippen LogP contribution >= 0.6 is 23.4 Å². The van der Waals surface area contributed by atoms with Crippen LogP contribution in [0.3, 0.4) is 0 Å². The van der Waals surface area contributed by atoms with Crippen LogP contribution in [0.4, 0.5) is 0 Å². The third kappa shape index (κ3) is 2.66. The molecule has 0 radical (unpaired) electrons. The van der Waals surface area contributed by atoms with E-state index in [9.17, 15) is 5.11 Å². The van der Waals surface area contributed by atoms with Crippen molar-refractivity contribution in [1.82, 2.24) is 9.88 Å². The quantitative estimate of drug-likeness (QED) is 0.810. The van der Waals surface area contributed by atoms with Crippen LogP contribution in [0.1, 0.15) is 11.7 Å². The fourth-order valence-electron chi connectivity index (χ4n) is 1.52. The van der Waals surface area contributed by atoms with E-state index in [0.717, 1.165) is 17.9 Å². The second-order valence-corrected chi connectivity index (χ2v) is 5.00. The number of pyridine rings is 1. The molecule has 1 aliphatic rings. The van der Waals surface area contributed by atoms with Crippen molar-refractivity contribution in [3.8, 4) is 0 Å². The summed E-state index contributed by atoms with van der Waals surface area (Å²) in [7, 11) is 0. The summed E-state index contributed by atoms with van der Waals surface area (Å²) in [4.78, 5) is 5.79. The molecule has 2 heterocycles. The minimum absolute atomic E-state index is 0.417. The van der Waals surface area contributed by atoms with Crippen molar-refractivity contribution in [3.05, 3.63) is 29.0 Å². The molecule has 1 aromatic heterocycles. The highest BCUT2D eigenvalue weighted by Gasteiger charge is 2.21. The van der Waals surface area contributed by atoms with E-state index >= 15 is 0 Å². The van der Waals surface area contributed by atoms with E-state index in [0.29, 0.717) is 16.9 Å². The van der Waals surface area contributed by atoms with Crippen molar-refractivity contribution in [3.63, 3.8) is 0 Å². The van der Waals surface area contributed by atoms with Gasteiger partial charge < -0.3 is 10.0 Å². The van der Waals surface area contributed by atoms with Gasteiger partial charge in [0, 0.05) is 24.1 Å². The van der Waals surface area contributed by atoms with Crippen LogP contribution in [-0.2, 0) is 0 Å². The molecule has 0 spiro atoms. The minimum Gasteiger partial charge on any atom is -0.386 e. The maximum absolute atomic E-state index is 9.96. The third-order valence-electron chi connectivity index (χ3n) is 2.42. The summed E-state index contributed by atoms with van der Waals surface area (Å²) in [6.45, 7) is 1.26. The summed E-state index contributed by atoms with van der Waals surface area (Å²) in [6, 6.07) is 3.41. The van der Waals surface area contributed by atoms with E-state index in [4.69, 9.17) is 17.0 Å². The molecule has 0 saturated carbocycles. The monoisotopic (exact) mass is 257 g/mol. The van der Waals surface area contributed by atoms with Crippen LogP contribution in [0.2, 0.25) is 5.15 Å². The van der Waals surface area contributed by atoms with E-state index < -0.39 is 6.10 Å². The van der Waals surface area contributed by atoms with Crippen LogP contribution in [-0.4, -0.2) is 39.0 Å². The zero-order chi connectivity index (χ0) is 11.5. The summed E-state index contributed by atoms with van der Waals surface area (Å²) < 4.78 is 0. The standard InChI is InChI=1S/C10H12ClN3OS/c11-9-2-1-7(5-13-9)8(15)6-14-3-4-16-10(14)12/h1-2,5,8,12,15H,3-4,6H2. The Balaban J connectivity index is 1.99. The van der Waals surface area contributed by atoms with Gasteiger partial charge in [0.25, 0.3) is 0 Å². The Morgan fingerprint density at radius 3 is 3.00 bits per heavy atom. The van der Waals surface area contributed by atoms with Crippen LogP contribution in [0.15, 0.2) is 18.3 Å². The van der Waals surface area contributed by atoms with E-state index in [2.05, 4.69) is 4.98 Å². The van der Waals surface area contributed by atoms with Gasteiger partial charge in [-0.15, -0.1) is 0 Å². The van der Waals surface area contributed by atoms with Gasteiger partial charge >= 0.3 is 0 Å². The van der Waals surface area contributed by atoms with Gasteiger partial charge in [0.15, 0.2) is 5.17 Å². The fraction of sp³-hybridized carbons (Fsp3) is 0.400. The molecule has 6 heteroatoms. The summed E-state index contributed by atoms with van der Waals surface area (Å²) in [5.41, 5.74) is 0.731. The average Bonchev–Trinajstić information content (AvgIpc) is 2.65. The van der Waals surface area contributed by atoms with Gasteiger partial charge in [0.2, 0.25) is 0 Å². The molecule has 1 atom stereocenters. The normalized spacial score (nSPS) is 17.9. The number of β-amino-alcohol motifs (C(OH)–C–C–N with tert-alkyl or cyclic N) is 1. The molecule has 4 nitrogen and oxygen atoms in total. The fourth-order valence-corrected chi connectivity index (χ4v) is 2.48. The zero-order valence-corrected chi connectivity index (χ0v) is 10.1. The smallest absolute Gasteiger partial charge is 0.156 e. The number of aliphatic hydroxyl groups excluding tert-OH is 1. The molecule has 2 rings (SSSR count). The molecule has 1 aliphatic heterocycles. The molecule has 1 unspecified atom stereocenters. The molecular formula is C10H12ClN3OS. The number of thioether (sulfide) groups is 1. The summed E-state index contributed by atoms with van der Waals surface area (Å²) in [5.74, 6) is 0.921. The van der Waals surface area contributed by atoms with Crippen LogP contribution < -0.4 is 0 Å². The summed E-state index contributed by atoms with van der Waals surface area (Å²) in [6.07, 6.45) is 0.948. The topological polar surface area (TPSA) is 60.2 Å². The van der Waals surface area contributed by atoms with E-state index in [1.54, 1.807) is 18.3 Å². The van der Waals surface area contributed by atoms with Crippen molar-refractivity contribution >= 4 is 28.5 Å². The van der Waals surface area contributed by atoms with Gasteiger partial charge in [-0.05, 0) is 6.07 Å². The highest BCUT2D eigenvalue weighted by atomic mass is 35.5. The summed E-state index contributed by atoms with van der Waals surface area (Å²) >= 11 is 7.18. The number of nitrogens with one attached hydrogen (secondary N) is 1. The molecule has 0 bridgehead atoms. The number of aromatic nitrogens is 1. The lowest BCUT2D eigenvalue weighted by Gasteiger charge is -2.20. The minimum atomic E-state index is -0.621.